The third-order valence-corrected chi connectivity index (χ3v) is 4.26. The van der Waals surface area contributed by atoms with Crippen LogP contribution in [-0.2, 0) is 11.3 Å². The molecule has 1 amide bonds. The van der Waals surface area contributed by atoms with Crippen molar-refractivity contribution in [1.29, 1.82) is 0 Å². The van der Waals surface area contributed by atoms with Gasteiger partial charge in [0, 0.05) is 39.1 Å². The zero-order valence-electron chi connectivity index (χ0n) is 16.8. The molecule has 0 radical (unpaired) electrons. The molecule has 1 aliphatic rings. The fraction of sp³-hybridized carbons (Fsp3) is 0.450. The quantitative estimate of drug-likeness (QED) is 0.623. The van der Waals surface area contributed by atoms with E-state index in [0.29, 0.717) is 25.6 Å². The van der Waals surface area contributed by atoms with Gasteiger partial charge in [0.05, 0.1) is 11.7 Å². The highest BCUT2D eigenvalue weighted by atomic mass is 16.6. The molecular weight excluding hydrogens is 356 g/mol. The molecule has 1 aromatic heterocycles. The largest absolute Gasteiger partial charge is 0.444 e. The first-order valence-electron chi connectivity index (χ1n) is 9.38. The summed E-state index contributed by atoms with van der Waals surface area (Å²) >= 11 is 0. The predicted octanol–water partition coefficient (Wildman–Crippen LogP) is 2.16. The molecule has 2 N–H and O–H groups in total. The van der Waals surface area contributed by atoms with Gasteiger partial charge < -0.3 is 20.3 Å². The number of benzene rings is 1. The van der Waals surface area contributed by atoms with E-state index in [4.69, 9.17) is 4.74 Å². The zero-order chi connectivity index (χ0) is 20.1. The highest BCUT2D eigenvalue weighted by Crippen LogP contribution is 2.15. The number of guanidine groups is 1. The molecule has 0 bridgehead atoms. The Balaban J connectivity index is 1.43. The second-order valence-electron chi connectivity index (χ2n) is 7.77. The molecule has 1 aromatic carbocycles. The Morgan fingerprint density at radius 1 is 1.29 bits per heavy atom. The lowest BCUT2D eigenvalue weighted by atomic mass is 10.1. The van der Waals surface area contributed by atoms with E-state index in [1.54, 1.807) is 18.1 Å². The van der Waals surface area contributed by atoms with E-state index in [0.717, 1.165) is 11.3 Å². The predicted molar refractivity (Wildman–Crippen MR) is 108 cm³/mol. The summed E-state index contributed by atoms with van der Waals surface area (Å²) in [5.74, 6) is 0.713. The van der Waals surface area contributed by atoms with E-state index >= 15 is 0 Å². The third kappa shape index (κ3) is 5.25. The topological polar surface area (TPSA) is 83.8 Å². The van der Waals surface area contributed by atoms with Gasteiger partial charge in [-0.3, -0.25) is 4.99 Å². The molecule has 0 aliphatic carbocycles. The first-order valence-corrected chi connectivity index (χ1v) is 9.38. The van der Waals surface area contributed by atoms with E-state index in [1.165, 1.54) is 0 Å². The van der Waals surface area contributed by atoms with Gasteiger partial charge in [-0.1, -0.05) is 12.1 Å². The number of hydrogen-bond donors (Lipinski definition) is 2. The highest BCUT2D eigenvalue weighted by Gasteiger charge is 2.34. The van der Waals surface area contributed by atoms with Gasteiger partial charge in [-0.05, 0) is 44.5 Å². The Bertz CT molecular complexity index is 802. The maximum atomic E-state index is 12.0. The molecular formula is C20H28N6O2. The highest BCUT2D eigenvalue weighted by molar-refractivity contribution is 5.80. The molecule has 0 unspecified atom stereocenters. The van der Waals surface area contributed by atoms with Gasteiger partial charge in [-0.15, -0.1) is 0 Å². The summed E-state index contributed by atoms with van der Waals surface area (Å²) in [7, 11) is 1.74. The van der Waals surface area contributed by atoms with E-state index in [-0.39, 0.29) is 12.1 Å². The minimum atomic E-state index is -0.472. The average molecular weight is 384 g/mol. The van der Waals surface area contributed by atoms with Crippen molar-refractivity contribution in [3.63, 3.8) is 0 Å². The first kappa shape index (κ1) is 19.7. The molecule has 2 aromatic rings. The SMILES string of the molecule is CN=C(NCc1ccc(-n2cccn2)cc1)NC1CN(C(=O)OC(C)(C)C)C1. The molecule has 28 heavy (non-hydrogen) atoms. The number of nitrogens with zero attached hydrogens (tertiary/aromatic N) is 4. The number of nitrogens with one attached hydrogen (secondary N) is 2. The number of aliphatic imine (C=N–C) groups is 1. The Kier molecular flexibility index (Phi) is 5.87. The van der Waals surface area contributed by atoms with E-state index in [9.17, 15) is 4.79 Å². The molecule has 150 valence electrons. The van der Waals surface area contributed by atoms with Crippen LogP contribution >= 0.6 is 0 Å². The number of hydrogen-bond acceptors (Lipinski definition) is 4. The normalized spacial score (nSPS) is 15.1. The van der Waals surface area contributed by atoms with Crippen molar-refractivity contribution in [2.75, 3.05) is 20.1 Å². The number of carbonyl (C=O) groups is 1. The van der Waals surface area contributed by atoms with Crippen LogP contribution in [0.15, 0.2) is 47.7 Å². The molecule has 2 heterocycles. The fourth-order valence-electron chi connectivity index (χ4n) is 2.81. The summed E-state index contributed by atoms with van der Waals surface area (Å²) in [6, 6.07) is 10.3. The Morgan fingerprint density at radius 3 is 2.57 bits per heavy atom. The number of aromatic nitrogens is 2. The van der Waals surface area contributed by atoms with Gasteiger partial charge in [0.2, 0.25) is 0 Å². The van der Waals surface area contributed by atoms with E-state index in [2.05, 4.69) is 32.9 Å². The molecule has 0 saturated carbocycles. The van der Waals surface area contributed by atoms with Crippen molar-refractivity contribution < 1.29 is 9.53 Å². The first-order chi connectivity index (χ1) is 13.3. The second kappa shape index (κ2) is 8.33. The van der Waals surface area contributed by atoms with Crippen LogP contribution in [0.3, 0.4) is 0 Å². The van der Waals surface area contributed by atoms with Crippen LogP contribution in [0.5, 0.6) is 0 Å². The Hall–Kier alpha value is -3.03. The molecule has 0 spiro atoms. The maximum absolute atomic E-state index is 12.0. The van der Waals surface area contributed by atoms with Crippen LogP contribution in [0.1, 0.15) is 26.3 Å². The second-order valence-corrected chi connectivity index (χ2v) is 7.77. The van der Waals surface area contributed by atoms with Crippen molar-refractivity contribution >= 4 is 12.1 Å². The molecule has 1 saturated heterocycles. The smallest absolute Gasteiger partial charge is 0.410 e. The minimum Gasteiger partial charge on any atom is -0.444 e. The van der Waals surface area contributed by atoms with Crippen LogP contribution < -0.4 is 10.6 Å². The number of ether oxygens (including phenoxy) is 1. The van der Waals surface area contributed by atoms with Gasteiger partial charge in [-0.25, -0.2) is 9.48 Å². The lowest BCUT2D eigenvalue weighted by Crippen LogP contribution is -2.63. The maximum Gasteiger partial charge on any atom is 0.410 e. The summed E-state index contributed by atoms with van der Waals surface area (Å²) in [5.41, 5.74) is 1.69. The summed E-state index contributed by atoms with van der Waals surface area (Å²) < 4.78 is 7.19. The molecule has 1 fully saturated rings. The number of amides is 1. The van der Waals surface area contributed by atoms with Crippen LogP contribution in [0.2, 0.25) is 0 Å². The van der Waals surface area contributed by atoms with Crippen molar-refractivity contribution in [3.05, 3.63) is 48.3 Å². The molecule has 3 rings (SSSR count). The summed E-state index contributed by atoms with van der Waals surface area (Å²) in [6.07, 6.45) is 3.40. The van der Waals surface area contributed by atoms with Gasteiger partial charge >= 0.3 is 6.09 Å². The van der Waals surface area contributed by atoms with Crippen LogP contribution in [-0.4, -0.2) is 58.5 Å². The lowest BCUT2D eigenvalue weighted by Gasteiger charge is -2.40. The van der Waals surface area contributed by atoms with Crippen molar-refractivity contribution in [2.24, 2.45) is 4.99 Å². The average Bonchev–Trinajstić information content (AvgIpc) is 3.13. The van der Waals surface area contributed by atoms with Crippen molar-refractivity contribution in [1.82, 2.24) is 25.3 Å². The van der Waals surface area contributed by atoms with E-state index in [1.807, 2.05) is 49.8 Å². The lowest BCUT2D eigenvalue weighted by molar-refractivity contribution is 0.00701. The number of likely N-dealkylation sites (tertiary alicyclic amines) is 1. The van der Waals surface area contributed by atoms with Crippen LogP contribution in [0.25, 0.3) is 5.69 Å². The summed E-state index contributed by atoms with van der Waals surface area (Å²) in [5, 5.41) is 10.9. The fourth-order valence-corrected chi connectivity index (χ4v) is 2.81. The number of carbonyl (C=O) groups excluding carboxylic acids is 1. The van der Waals surface area contributed by atoms with Gasteiger partial charge in [-0.2, -0.15) is 5.10 Å². The zero-order valence-corrected chi connectivity index (χ0v) is 16.8. The van der Waals surface area contributed by atoms with E-state index < -0.39 is 5.60 Å². The third-order valence-electron chi connectivity index (χ3n) is 4.26. The molecule has 1 aliphatic heterocycles. The molecule has 8 heteroatoms. The van der Waals surface area contributed by atoms with Crippen LogP contribution in [0.4, 0.5) is 4.79 Å². The standard InChI is InChI=1S/C20H28N6O2/c1-20(2,3)28-19(27)25-13-16(14-25)24-18(21-4)22-12-15-6-8-17(9-7-15)26-11-5-10-23-26/h5-11,16H,12-14H2,1-4H3,(H2,21,22,24). The Labute approximate surface area is 165 Å². The monoisotopic (exact) mass is 384 g/mol. The van der Waals surface area contributed by atoms with Crippen molar-refractivity contribution in [3.8, 4) is 5.69 Å². The minimum absolute atomic E-state index is 0.168. The number of rotatable bonds is 4. The summed E-state index contributed by atoms with van der Waals surface area (Å²) in [4.78, 5) is 17.9. The Morgan fingerprint density at radius 2 is 2.00 bits per heavy atom. The summed E-state index contributed by atoms with van der Waals surface area (Å²) in [6.45, 7) is 7.47. The van der Waals surface area contributed by atoms with Gasteiger partial charge in [0.15, 0.2) is 5.96 Å². The molecule has 0 atom stereocenters. The van der Waals surface area contributed by atoms with Gasteiger partial charge in [0.25, 0.3) is 0 Å². The van der Waals surface area contributed by atoms with Gasteiger partial charge in [0.1, 0.15) is 5.60 Å². The van der Waals surface area contributed by atoms with Crippen molar-refractivity contribution in [2.45, 2.75) is 39.0 Å². The van der Waals surface area contributed by atoms with Crippen LogP contribution in [0, 0.1) is 0 Å². The molecule has 8 nitrogen and oxygen atoms in total.